The minimum absolute atomic E-state index is 0.225. The van der Waals surface area contributed by atoms with Crippen molar-refractivity contribution in [3.8, 4) is 0 Å². The van der Waals surface area contributed by atoms with Crippen LogP contribution in [0, 0.1) is 0 Å². The Morgan fingerprint density at radius 2 is 2.38 bits per heavy atom. The molecule has 2 rings (SSSR count). The first-order valence-corrected chi connectivity index (χ1v) is 5.57. The van der Waals surface area contributed by atoms with Gasteiger partial charge in [0, 0.05) is 18.4 Å². The van der Waals surface area contributed by atoms with Gasteiger partial charge in [-0.15, -0.1) is 0 Å². The van der Waals surface area contributed by atoms with Gasteiger partial charge in [0.1, 0.15) is 0 Å². The van der Waals surface area contributed by atoms with Crippen LogP contribution in [0.25, 0.3) is 0 Å². The number of hydrogen-bond donors (Lipinski definition) is 1. The van der Waals surface area contributed by atoms with Crippen LogP contribution in [0.15, 0.2) is 18.5 Å². The number of nitrogens with zero attached hydrogens (tertiary/aromatic N) is 2. The summed E-state index contributed by atoms with van der Waals surface area (Å²) in [5.41, 5.74) is 1.23. The average molecular weight is 220 g/mol. The van der Waals surface area contributed by atoms with Crippen molar-refractivity contribution in [1.29, 1.82) is 0 Å². The van der Waals surface area contributed by atoms with E-state index in [9.17, 15) is 4.79 Å². The second-order valence-electron chi connectivity index (χ2n) is 4.26. The zero-order valence-electron chi connectivity index (χ0n) is 9.39. The Balaban J connectivity index is 2.34. The van der Waals surface area contributed by atoms with E-state index in [0.29, 0.717) is 5.56 Å². The molecule has 1 aliphatic rings. The normalized spacial score (nSPS) is 21.9. The predicted molar refractivity (Wildman–Crippen MR) is 60.4 cm³/mol. The molecule has 0 radical (unpaired) electrons. The van der Waals surface area contributed by atoms with Gasteiger partial charge in [0.2, 0.25) is 0 Å². The van der Waals surface area contributed by atoms with Crippen molar-refractivity contribution in [3.63, 3.8) is 0 Å². The van der Waals surface area contributed by atoms with Crippen LogP contribution in [0.5, 0.6) is 0 Å². The third-order valence-corrected chi connectivity index (χ3v) is 3.21. The predicted octanol–water partition coefficient (Wildman–Crippen LogP) is 1.94. The Hall–Kier alpha value is -1.42. The number of pyridine rings is 1. The Kier molecular flexibility index (Phi) is 3.19. The van der Waals surface area contributed by atoms with Crippen molar-refractivity contribution in [2.24, 2.45) is 0 Å². The molecule has 1 aliphatic heterocycles. The summed E-state index contributed by atoms with van der Waals surface area (Å²) in [6.45, 7) is 1.03. The Bertz CT molecular complexity index is 392. The van der Waals surface area contributed by atoms with Crippen LogP contribution in [0.2, 0.25) is 0 Å². The zero-order valence-corrected chi connectivity index (χ0v) is 9.39. The number of carboxylic acids is 1. The van der Waals surface area contributed by atoms with E-state index in [1.54, 1.807) is 6.20 Å². The second-order valence-corrected chi connectivity index (χ2v) is 4.26. The highest BCUT2D eigenvalue weighted by atomic mass is 16.4. The molecule has 0 saturated carbocycles. The van der Waals surface area contributed by atoms with Gasteiger partial charge in [-0.25, -0.2) is 4.79 Å². The summed E-state index contributed by atoms with van der Waals surface area (Å²) in [6, 6.07) is 2.05. The first-order valence-electron chi connectivity index (χ1n) is 5.57. The number of piperidine rings is 1. The molecule has 0 amide bonds. The van der Waals surface area contributed by atoms with Gasteiger partial charge in [-0.1, -0.05) is 6.42 Å². The Labute approximate surface area is 94.9 Å². The van der Waals surface area contributed by atoms with E-state index >= 15 is 0 Å². The molecule has 1 aromatic heterocycles. The molecule has 1 atom stereocenters. The molecule has 16 heavy (non-hydrogen) atoms. The van der Waals surface area contributed by atoms with Crippen LogP contribution in [-0.2, 0) is 0 Å². The maximum atomic E-state index is 11.1. The summed E-state index contributed by atoms with van der Waals surface area (Å²) in [6.07, 6.45) is 6.50. The number of carboxylic acid groups (broad SMARTS) is 1. The molecule has 1 fully saturated rings. The summed E-state index contributed by atoms with van der Waals surface area (Å²) in [5, 5.41) is 9.12. The van der Waals surface area contributed by atoms with E-state index in [4.69, 9.17) is 5.11 Å². The van der Waals surface area contributed by atoms with E-state index in [1.807, 2.05) is 6.07 Å². The van der Waals surface area contributed by atoms with E-state index < -0.39 is 5.97 Å². The van der Waals surface area contributed by atoms with Crippen LogP contribution in [0.1, 0.15) is 41.2 Å². The van der Waals surface area contributed by atoms with Crippen LogP contribution in [-0.4, -0.2) is 34.6 Å². The number of rotatable bonds is 2. The van der Waals surface area contributed by atoms with E-state index in [2.05, 4.69) is 16.9 Å². The number of hydrogen-bond acceptors (Lipinski definition) is 3. The SMILES string of the molecule is CN1CCCCC1c1ccncc1C(=O)O. The minimum Gasteiger partial charge on any atom is -0.478 e. The maximum Gasteiger partial charge on any atom is 0.337 e. The fraction of sp³-hybridized carbons (Fsp3) is 0.500. The lowest BCUT2D eigenvalue weighted by Crippen LogP contribution is -2.30. The first-order chi connectivity index (χ1) is 7.70. The molecule has 1 unspecified atom stereocenters. The highest BCUT2D eigenvalue weighted by Gasteiger charge is 2.24. The molecule has 0 aromatic carbocycles. The monoisotopic (exact) mass is 220 g/mol. The van der Waals surface area contributed by atoms with Crippen LogP contribution in [0.4, 0.5) is 0 Å². The average Bonchev–Trinajstić information content (AvgIpc) is 2.29. The van der Waals surface area contributed by atoms with Crippen molar-refractivity contribution in [1.82, 2.24) is 9.88 Å². The smallest absolute Gasteiger partial charge is 0.337 e. The molecular weight excluding hydrogens is 204 g/mol. The van der Waals surface area contributed by atoms with Gasteiger partial charge in [0.15, 0.2) is 0 Å². The summed E-state index contributed by atoms with van der Waals surface area (Å²) in [7, 11) is 2.05. The number of likely N-dealkylation sites (tertiary alicyclic amines) is 1. The molecule has 0 spiro atoms. The van der Waals surface area contributed by atoms with Crippen LogP contribution >= 0.6 is 0 Å². The van der Waals surface area contributed by atoms with E-state index in [1.165, 1.54) is 12.6 Å². The van der Waals surface area contributed by atoms with Crippen molar-refractivity contribution in [2.75, 3.05) is 13.6 Å². The third-order valence-electron chi connectivity index (χ3n) is 3.21. The molecule has 2 heterocycles. The van der Waals surface area contributed by atoms with Gasteiger partial charge in [-0.05, 0) is 38.1 Å². The van der Waals surface area contributed by atoms with Crippen LogP contribution in [0.3, 0.4) is 0 Å². The topological polar surface area (TPSA) is 53.4 Å². The van der Waals surface area contributed by atoms with Gasteiger partial charge >= 0.3 is 5.97 Å². The van der Waals surface area contributed by atoms with E-state index in [-0.39, 0.29) is 6.04 Å². The summed E-state index contributed by atoms with van der Waals surface area (Å²) >= 11 is 0. The molecule has 1 saturated heterocycles. The molecule has 4 heteroatoms. The summed E-state index contributed by atoms with van der Waals surface area (Å²) < 4.78 is 0. The second kappa shape index (κ2) is 4.61. The molecular formula is C12H16N2O2. The molecule has 1 aromatic rings. The van der Waals surface area contributed by atoms with Gasteiger partial charge < -0.3 is 5.11 Å². The Morgan fingerprint density at radius 1 is 1.56 bits per heavy atom. The minimum atomic E-state index is -0.887. The summed E-state index contributed by atoms with van der Waals surface area (Å²) in [5.74, 6) is -0.887. The highest BCUT2D eigenvalue weighted by molar-refractivity contribution is 5.89. The molecule has 1 N–H and O–H groups in total. The molecule has 0 aliphatic carbocycles. The fourth-order valence-electron chi connectivity index (χ4n) is 2.34. The first kappa shape index (κ1) is 11.1. The zero-order chi connectivity index (χ0) is 11.5. The van der Waals surface area contributed by atoms with Crippen molar-refractivity contribution >= 4 is 5.97 Å². The van der Waals surface area contributed by atoms with Gasteiger partial charge in [-0.3, -0.25) is 9.88 Å². The quantitative estimate of drug-likeness (QED) is 0.827. The van der Waals surface area contributed by atoms with Gasteiger partial charge in [-0.2, -0.15) is 0 Å². The van der Waals surface area contributed by atoms with Gasteiger partial charge in [0.05, 0.1) is 5.56 Å². The largest absolute Gasteiger partial charge is 0.478 e. The van der Waals surface area contributed by atoms with Crippen molar-refractivity contribution in [3.05, 3.63) is 29.6 Å². The fourth-order valence-corrected chi connectivity index (χ4v) is 2.34. The van der Waals surface area contributed by atoms with Crippen molar-refractivity contribution < 1.29 is 9.90 Å². The lowest BCUT2D eigenvalue weighted by atomic mass is 9.93. The van der Waals surface area contributed by atoms with Crippen molar-refractivity contribution in [2.45, 2.75) is 25.3 Å². The lowest BCUT2D eigenvalue weighted by Gasteiger charge is -2.33. The molecule has 4 nitrogen and oxygen atoms in total. The Morgan fingerprint density at radius 3 is 3.06 bits per heavy atom. The maximum absolute atomic E-state index is 11.1. The number of carbonyl (C=O) groups is 1. The number of aromatic nitrogens is 1. The molecule has 0 bridgehead atoms. The molecule has 86 valence electrons. The lowest BCUT2D eigenvalue weighted by molar-refractivity contribution is 0.0691. The summed E-state index contributed by atoms with van der Waals surface area (Å²) in [4.78, 5) is 17.2. The van der Waals surface area contributed by atoms with E-state index in [0.717, 1.165) is 24.9 Å². The number of aromatic carboxylic acids is 1. The highest BCUT2D eigenvalue weighted by Crippen LogP contribution is 2.31. The van der Waals surface area contributed by atoms with Crippen LogP contribution < -0.4 is 0 Å². The third kappa shape index (κ3) is 2.07. The standard InChI is InChI=1S/C12H16N2O2/c1-14-7-3-2-4-11(14)9-5-6-13-8-10(9)12(15)16/h5-6,8,11H,2-4,7H2,1H3,(H,15,16). The van der Waals surface area contributed by atoms with Gasteiger partial charge in [0.25, 0.3) is 0 Å².